The van der Waals surface area contributed by atoms with Crippen molar-refractivity contribution in [2.45, 2.75) is 6.54 Å². The van der Waals surface area contributed by atoms with Gasteiger partial charge in [-0.15, -0.1) is 0 Å². The molecule has 130 valence electrons. The molecule has 0 fully saturated rings. The zero-order chi connectivity index (χ0) is 17.5. The number of hydrogen-bond acceptors (Lipinski definition) is 4. The number of rotatable bonds is 5. The minimum atomic E-state index is -0.430. The van der Waals surface area contributed by atoms with E-state index in [0.717, 1.165) is 5.56 Å². The number of fused-ring (bicyclic) bond motifs is 1. The fourth-order valence-electron chi connectivity index (χ4n) is 2.32. The molecule has 1 aliphatic heterocycles. The average Bonchev–Trinajstić information content (AvgIpc) is 2.65. The maximum absolute atomic E-state index is 11.9. The second-order valence-electron chi connectivity index (χ2n) is 5.43. The molecule has 3 N–H and O–H groups in total. The lowest BCUT2D eigenvalue weighted by Gasteiger charge is -2.19. The third-order valence-electron chi connectivity index (χ3n) is 3.54. The monoisotopic (exact) mass is 341 g/mol. The van der Waals surface area contributed by atoms with Crippen molar-refractivity contribution >= 4 is 17.6 Å². The summed E-state index contributed by atoms with van der Waals surface area (Å²) >= 11 is 0. The largest absolute Gasteiger partial charge is 0.486 e. The van der Waals surface area contributed by atoms with Gasteiger partial charge < -0.3 is 25.4 Å². The van der Waals surface area contributed by atoms with Gasteiger partial charge in [-0.25, -0.2) is 4.79 Å². The molecule has 3 amide bonds. The topological polar surface area (TPSA) is 88.7 Å². The van der Waals surface area contributed by atoms with E-state index in [1.807, 2.05) is 36.4 Å². The van der Waals surface area contributed by atoms with Crippen molar-refractivity contribution in [3.8, 4) is 11.5 Å². The highest BCUT2D eigenvalue weighted by molar-refractivity contribution is 5.92. The quantitative estimate of drug-likeness (QED) is 0.775. The predicted octanol–water partition coefficient (Wildman–Crippen LogP) is 1.90. The molecule has 0 spiro atoms. The van der Waals surface area contributed by atoms with Crippen LogP contribution in [0.2, 0.25) is 0 Å². The van der Waals surface area contributed by atoms with E-state index in [1.54, 1.807) is 12.1 Å². The molecule has 0 atom stereocenters. The number of para-hydroxylation sites is 1. The number of ether oxygens (including phenoxy) is 2. The van der Waals surface area contributed by atoms with Crippen LogP contribution in [0.1, 0.15) is 5.56 Å². The Kier molecular flexibility index (Phi) is 5.36. The van der Waals surface area contributed by atoms with E-state index in [4.69, 9.17) is 9.47 Å². The Bertz CT molecular complexity index is 749. The van der Waals surface area contributed by atoms with Crippen LogP contribution in [0.3, 0.4) is 0 Å². The Balaban J connectivity index is 1.41. The van der Waals surface area contributed by atoms with Crippen molar-refractivity contribution in [2.24, 2.45) is 0 Å². The molecule has 7 nitrogen and oxygen atoms in total. The van der Waals surface area contributed by atoms with Crippen LogP contribution in [0.5, 0.6) is 11.5 Å². The van der Waals surface area contributed by atoms with Crippen molar-refractivity contribution in [1.82, 2.24) is 10.6 Å². The van der Waals surface area contributed by atoms with Crippen LogP contribution >= 0.6 is 0 Å². The predicted molar refractivity (Wildman–Crippen MR) is 92.7 cm³/mol. The maximum Gasteiger partial charge on any atom is 0.319 e. The van der Waals surface area contributed by atoms with Crippen LogP contribution in [0.4, 0.5) is 10.5 Å². The Morgan fingerprint density at radius 1 is 0.920 bits per heavy atom. The summed E-state index contributed by atoms with van der Waals surface area (Å²) in [6.07, 6.45) is 0. The molecule has 1 aliphatic rings. The highest BCUT2D eigenvalue weighted by atomic mass is 16.6. The van der Waals surface area contributed by atoms with Crippen LogP contribution in [-0.2, 0) is 11.3 Å². The second kappa shape index (κ2) is 8.05. The van der Waals surface area contributed by atoms with E-state index in [1.165, 1.54) is 0 Å². The molecular weight excluding hydrogens is 322 g/mol. The molecule has 0 aromatic heterocycles. The summed E-state index contributed by atoms with van der Waals surface area (Å²) in [4.78, 5) is 23.6. The lowest BCUT2D eigenvalue weighted by Crippen LogP contribution is -2.38. The van der Waals surface area contributed by atoms with Gasteiger partial charge in [-0.2, -0.15) is 0 Å². The van der Waals surface area contributed by atoms with Crippen molar-refractivity contribution in [3.63, 3.8) is 0 Å². The Morgan fingerprint density at radius 2 is 1.68 bits per heavy atom. The van der Waals surface area contributed by atoms with E-state index in [-0.39, 0.29) is 12.5 Å². The van der Waals surface area contributed by atoms with E-state index < -0.39 is 6.03 Å². The summed E-state index contributed by atoms with van der Waals surface area (Å²) in [5.41, 5.74) is 1.56. The summed E-state index contributed by atoms with van der Waals surface area (Å²) in [5, 5.41) is 7.90. The van der Waals surface area contributed by atoms with E-state index in [9.17, 15) is 9.59 Å². The maximum atomic E-state index is 11.9. The first-order valence-electron chi connectivity index (χ1n) is 7.96. The van der Waals surface area contributed by atoms with E-state index >= 15 is 0 Å². The normalized spacial score (nSPS) is 12.2. The summed E-state index contributed by atoms with van der Waals surface area (Å²) in [7, 11) is 0. The molecule has 0 aliphatic carbocycles. The van der Waals surface area contributed by atoms with Gasteiger partial charge >= 0.3 is 6.03 Å². The first-order valence-corrected chi connectivity index (χ1v) is 7.96. The molecule has 0 unspecified atom stereocenters. The van der Waals surface area contributed by atoms with Crippen LogP contribution in [0.25, 0.3) is 0 Å². The molecule has 2 aromatic carbocycles. The van der Waals surface area contributed by atoms with Gasteiger partial charge in [0.25, 0.3) is 0 Å². The number of amides is 3. The fraction of sp³-hybridized carbons (Fsp3) is 0.222. The lowest BCUT2D eigenvalue weighted by molar-refractivity contribution is -0.120. The van der Waals surface area contributed by atoms with Crippen molar-refractivity contribution in [3.05, 3.63) is 54.1 Å². The molecule has 0 bridgehead atoms. The highest BCUT2D eigenvalue weighted by Crippen LogP contribution is 2.30. The lowest BCUT2D eigenvalue weighted by atomic mass is 10.2. The van der Waals surface area contributed by atoms with E-state index in [2.05, 4.69) is 16.0 Å². The minimum Gasteiger partial charge on any atom is -0.486 e. The van der Waals surface area contributed by atoms with Gasteiger partial charge in [0.2, 0.25) is 5.91 Å². The number of carbonyl (C=O) groups is 2. The smallest absolute Gasteiger partial charge is 0.319 e. The summed E-state index contributed by atoms with van der Waals surface area (Å²) < 4.78 is 11.0. The first kappa shape index (κ1) is 16.6. The molecule has 3 rings (SSSR count). The number of carbonyl (C=O) groups excluding carboxylic acids is 2. The standard InChI is InChI=1S/C18H19N3O4/c22-17(12-20-18(23)21-14-4-2-1-3-5-14)19-11-13-6-7-15-16(10-13)25-9-8-24-15/h1-7,10H,8-9,11-12H2,(H,19,22)(H2,20,21,23). The van der Waals surface area contributed by atoms with Gasteiger partial charge in [-0.05, 0) is 29.8 Å². The third kappa shape index (κ3) is 4.87. The molecule has 25 heavy (non-hydrogen) atoms. The third-order valence-corrected chi connectivity index (χ3v) is 3.54. The second-order valence-corrected chi connectivity index (χ2v) is 5.43. The Morgan fingerprint density at radius 3 is 2.48 bits per heavy atom. The summed E-state index contributed by atoms with van der Waals surface area (Å²) in [6, 6.07) is 14.1. The van der Waals surface area contributed by atoms with Gasteiger partial charge in [0.05, 0.1) is 6.54 Å². The van der Waals surface area contributed by atoms with Gasteiger partial charge in [0.15, 0.2) is 11.5 Å². The SMILES string of the molecule is O=C(CNC(=O)Nc1ccccc1)NCc1ccc2c(c1)OCCO2. The van der Waals surface area contributed by atoms with E-state index in [0.29, 0.717) is 36.9 Å². The Hall–Kier alpha value is -3.22. The number of urea groups is 1. The van der Waals surface area contributed by atoms with Crippen LogP contribution in [0, 0.1) is 0 Å². The number of nitrogens with one attached hydrogen (secondary N) is 3. The highest BCUT2D eigenvalue weighted by Gasteiger charge is 2.12. The molecule has 1 heterocycles. The molecule has 0 saturated carbocycles. The number of anilines is 1. The molecular formula is C18H19N3O4. The summed E-state index contributed by atoms with van der Waals surface area (Å²) in [6.45, 7) is 1.30. The average molecular weight is 341 g/mol. The summed E-state index contributed by atoms with van der Waals surface area (Å²) in [5.74, 6) is 1.11. The van der Waals surface area contributed by atoms with Crippen molar-refractivity contribution in [2.75, 3.05) is 25.1 Å². The number of hydrogen-bond donors (Lipinski definition) is 3. The molecule has 2 aromatic rings. The molecule has 0 saturated heterocycles. The van der Waals surface area contributed by atoms with Gasteiger partial charge in [-0.1, -0.05) is 24.3 Å². The van der Waals surface area contributed by atoms with Gasteiger partial charge in [0, 0.05) is 12.2 Å². The van der Waals surface area contributed by atoms with Gasteiger partial charge in [-0.3, -0.25) is 4.79 Å². The zero-order valence-electron chi connectivity index (χ0n) is 13.6. The van der Waals surface area contributed by atoms with Crippen LogP contribution < -0.4 is 25.4 Å². The fourth-order valence-corrected chi connectivity index (χ4v) is 2.32. The molecule has 0 radical (unpaired) electrons. The Labute approximate surface area is 145 Å². The van der Waals surface area contributed by atoms with Crippen LogP contribution in [-0.4, -0.2) is 31.7 Å². The zero-order valence-corrected chi connectivity index (χ0v) is 13.6. The van der Waals surface area contributed by atoms with Crippen molar-refractivity contribution in [1.29, 1.82) is 0 Å². The van der Waals surface area contributed by atoms with Crippen molar-refractivity contribution < 1.29 is 19.1 Å². The number of benzene rings is 2. The minimum absolute atomic E-state index is 0.108. The van der Waals surface area contributed by atoms with Crippen LogP contribution in [0.15, 0.2) is 48.5 Å². The van der Waals surface area contributed by atoms with Gasteiger partial charge in [0.1, 0.15) is 13.2 Å². The first-order chi connectivity index (χ1) is 12.2. The molecule has 7 heteroatoms.